The number of carbonyl (C=O) groups excluding carboxylic acids is 2. The van der Waals surface area contributed by atoms with Crippen LogP contribution in [0.4, 0.5) is 0 Å². The minimum atomic E-state index is -3.37. The number of hydrogen-bond acceptors (Lipinski definition) is 3. The van der Waals surface area contributed by atoms with E-state index >= 15 is 0 Å². The zero-order valence-electron chi connectivity index (χ0n) is 10.3. The monoisotopic (exact) mass is 262 g/mol. The van der Waals surface area contributed by atoms with Crippen molar-refractivity contribution in [3.8, 4) is 0 Å². The van der Waals surface area contributed by atoms with E-state index in [9.17, 15) is 19.0 Å². The molecular weight excluding hydrogens is 243 g/mol. The van der Waals surface area contributed by atoms with E-state index in [1.54, 1.807) is 4.90 Å². The molecule has 1 heterocycles. The molecule has 1 unspecified atom stereocenters. The van der Waals surface area contributed by atoms with Crippen LogP contribution in [0.5, 0.6) is 0 Å². The summed E-state index contributed by atoms with van der Waals surface area (Å²) >= 11 is 0. The van der Waals surface area contributed by atoms with Crippen molar-refractivity contribution < 1.29 is 19.0 Å². The summed E-state index contributed by atoms with van der Waals surface area (Å²) in [6.07, 6.45) is 1.26. The molecule has 17 heavy (non-hydrogen) atoms. The van der Waals surface area contributed by atoms with E-state index in [1.807, 2.05) is 0 Å². The van der Waals surface area contributed by atoms with Gasteiger partial charge in [-0.25, -0.2) is 0 Å². The predicted octanol–water partition coefficient (Wildman–Crippen LogP) is 0.315. The van der Waals surface area contributed by atoms with Gasteiger partial charge in [0.2, 0.25) is 19.2 Å². The first-order valence-electron chi connectivity index (χ1n) is 5.62. The van der Waals surface area contributed by atoms with Crippen LogP contribution in [0.2, 0.25) is 0 Å². The first-order chi connectivity index (χ1) is 7.82. The molecule has 2 amide bonds. The Morgan fingerprint density at radius 2 is 2.24 bits per heavy atom. The Bertz CT molecular complexity index is 358. The molecule has 1 rings (SSSR count). The van der Waals surface area contributed by atoms with E-state index in [1.165, 1.54) is 18.9 Å². The minimum absolute atomic E-state index is 0.0462. The highest BCUT2D eigenvalue weighted by atomic mass is 31.2. The second kappa shape index (κ2) is 5.65. The molecule has 0 spiro atoms. The van der Waals surface area contributed by atoms with Crippen molar-refractivity contribution in [2.24, 2.45) is 0 Å². The maximum absolute atomic E-state index is 11.8. The second-order valence-corrected chi connectivity index (χ2v) is 6.84. The SMILES string of the molecule is CC(=O)N(C)CP(=O)(O)CCN1CCCC1=O. The third-order valence-electron chi connectivity index (χ3n) is 2.86. The molecule has 0 saturated carbocycles. The van der Waals surface area contributed by atoms with Gasteiger partial charge < -0.3 is 14.7 Å². The zero-order valence-corrected chi connectivity index (χ0v) is 11.2. The van der Waals surface area contributed by atoms with Crippen LogP contribution in [0.25, 0.3) is 0 Å². The standard InChI is InChI=1S/C10H19N2O4P/c1-9(13)11(2)8-17(15,16)7-6-12-5-3-4-10(12)14/h3-8H2,1-2H3,(H,15,16). The molecule has 1 aliphatic rings. The minimum Gasteiger partial charge on any atom is -0.343 e. The number of amides is 2. The maximum Gasteiger partial charge on any atom is 0.222 e. The first kappa shape index (κ1) is 14.2. The molecule has 6 nitrogen and oxygen atoms in total. The Kier molecular flexibility index (Phi) is 4.71. The third-order valence-corrected chi connectivity index (χ3v) is 4.63. The summed E-state index contributed by atoms with van der Waals surface area (Å²) in [5.41, 5.74) is 0. The molecular formula is C10H19N2O4P. The van der Waals surface area contributed by atoms with Gasteiger partial charge in [-0.3, -0.25) is 14.2 Å². The third kappa shape index (κ3) is 4.48. The van der Waals surface area contributed by atoms with E-state index in [0.717, 1.165) is 6.42 Å². The van der Waals surface area contributed by atoms with Gasteiger partial charge in [-0.1, -0.05) is 0 Å². The maximum atomic E-state index is 11.8. The Morgan fingerprint density at radius 1 is 1.59 bits per heavy atom. The fourth-order valence-electron chi connectivity index (χ4n) is 1.72. The Labute approximate surface area is 101 Å². The average Bonchev–Trinajstić information content (AvgIpc) is 2.60. The van der Waals surface area contributed by atoms with E-state index in [-0.39, 0.29) is 24.3 Å². The van der Waals surface area contributed by atoms with Crippen LogP contribution in [0, 0.1) is 0 Å². The van der Waals surface area contributed by atoms with Crippen LogP contribution in [-0.4, -0.2) is 59.1 Å². The molecule has 1 aliphatic heterocycles. The van der Waals surface area contributed by atoms with Gasteiger partial charge in [0.15, 0.2) is 0 Å². The van der Waals surface area contributed by atoms with Crippen molar-refractivity contribution in [1.82, 2.24) is 9.80 Å². The Morgan fingerprint density at radius 3 is 2.71 bits per heavy atom. The van der Waals surface area contributed by atoms with Gasteiger partial charge in [-0.15, -0.1) is 0 Å². The fraction of sp³-hybridized carbons (Fsp3) is 0.800. The largest absolute Gasteiger partial charge is 0.343 e. The number of likely N-dealkylation sites (tertiary alicyclic amines) is 1. The van der Waals surface area contributed by atoms with Gasteiger partial charge in [0.1, 0.15) is 0 Å². The lowest BCUT2D eigenvalue weighted by Gasteiger charge is -2.22. The van der Waals surface area contributed by atoms with E-state index in [0.29, 0.717) is 19.5 Å². The van der Waals surface area contributed by atoms with Crippen LogP contribution in [0.15, 0.2) is 0 Å². The molecule has 7 heteroatoms. The Balaban J connectivity index is 2.41. The molecule has 1 atom stereocenters. The highest BCUT2D eigenvalue weighted by Gasteiger charge is 2.26. The highest BCUT2D eigenvalue weighted by Crippen LogP contribution is 2.40. The molecule has 0 aromatic heterocycles. The zero-order chi connectivity index (χ0) is 13.1. The van der Waals surface area contributed by atoms with Crippen LogP contribution >= 0.6 is 7.37 Å². The van der Waals surface area contributed by atoms with Crippen molar-refractivity contribution in [2.75, 3.05) is 32.6 Å². The van der Waals surface area contributed by atoms with E-state index in [2.05, 4.69) is 0 Å². The number of hydrogen-bond donors (Lipinski definition) is 1. The predicted molar refractivity (Wildman–Crippen MR) is 63.8 cm³/mol. The van der Waals surface area contributed by atoms with E-state index in [4.69, 9.17) is 0 Å². The summed E-state index contributed by atoms with van der Waals surface area (Å²) in [7, 11) is -1.88. The van der Waals surface area contributed by atoms with Crippen molar-refractivity contribution in [3.05, 3.63) is 0 Å². The van der Waals surface area contributed by atoms with Gasteiger partial charge in [-0.2, -0.15) is 0 Å². The lowest BCUT2D eigenvalue weighted by molar-refractivity contribution is -0.128. The summed E-state index contributed by atoms with van der Waals surface area (Å²) in [6, 6.07) is 0. The molecule has 0 aliphatic carbocycles. The topological polar surface area (TPSA) is 77.9 Å². The van der Waals surface area contributed by atoms with Gasteiger partial charge in [-0.05, 0) is 6.42 Å². The second-order valence-electron chi connectivity index (χ2n) is 4.41. The number of nitrogens with zero attached hydrogens (tertiary/aromatic N) is 2. The van der Waals surface area contributed by atoms with Crippen molar-refractivity contribution in [3.63, 3.8) is 0 Å². The molecule has 0 radical (unpaired) electrons. The normalized spacial score (nSPS) is 19.2. The van der Waals surface area contributed by atoms with Crippen molar-refractivity contribution in [2.45, 2.75) is 19.8 Å². The smallest absolute Gasteiger partial charge is 0.222 e. The van der Waals surface area contributed by atoms with Gasteiger partial charge in [0.25, 0.3) is 0 Å². The van der Waals surface area contributed by atoms with Gasteiger partial charge in [0, 0.05) is 39.6 Å². The van der Waals surface area contributed by atoms with Crippen LogP contribution in [-0.2, 0) is 14.2 Å². The molecule has 1 fully saturated rings. The summed E-state index contributed by atoms with van der Waals surface area (Å²) in [6.45, 7) is 2.32. The summed E-state index contributed by atoms with van der Waals surface area (Å²) in [5.74, 6) is -0.193. The van der Waals surface area contributed by atoms with Gasteiger partial charge in [0.05, 0.1) is 6.29 Å². The molecule has 1 N–H and O–H groups in total. The summed E-state index contributed by atoms with van der Waals surface area (Å²) in [4.78, 5) is 34.8. The van der Waals surface area contributed by atoms with Crippen LogP contribution in [0.1, 0.15) is 19.8 Å². The first-order valence-corrected chi connectivity index (χ1v) is 7.65. The molecule has 0 aromatic rings. The lowest BCUT2D eigenvalue weighted by atomic mass is 10.4. The highest BCUT2D eigenvalue weighted by molar-refractivity contribution is 7.57. The Hall–Kier alpha value is -0.870. The van der Waals surface area contributed by atoms with Gasteiger partial charge >= 0.3 is 0 Å². The van der Waals surface area contributed by atoms with E-state index < -0.39 is 7.37 Å². The molecule has 0 aromatic carbocycles. The average molecular weight is 262 g/mol. The molecule has 0 bridgehead atoms. The number of carbonyl (C=O) groups is 2. The summed E-state index contributed by atoms with van der Waals surface area (Å²) in [5, 5.41) is 0. The fourth-order valence-corrected chi connectivity index (χ4v) is 3.28. The van der Waals surface area contributed by atoms with Crippen LogP contribution < -0.4 is 0 Å². The molecule has 98 valence electrons. The molecule has 1 saturated heterocycles. The van der Waals surface area contributed by atoms with Crippen molar-refractivity contribution in [1.29, 1.82) is 0 Å². The lowest BCUT2D eigenvalue weighted by Crippen LogP contribution is -2.30. The number of rotatable bonds is 5. The van der Waals surface area contributed by atoms with Crippen molar-refractivity contribution >= 4 is 19.2 Å². The van der Waals surface area contributed by atoms with Crippen LogP contribution in [0.3, 0.4) is 0 Å². The summed E-state index contributed by atoms with van der Waals surface area (Å²) < 4.78 is 11.8. The quantitative estimate of drug-likeness (QED) is 0.723.